The Kier molecular flexibility index (Phi) is 5.72. The van der Waals surface area contributed by atoms with Crippen LogP contribution in [0.3, 0.4) is 0 Å². The lowest BCUT2D eigenvalue weighted by Gasteiger charge is -2.22. The Hall–Kier alpha value is -2.08. The van der Waals surface area contributed by atoms with Crippen molar-refractivity contribution in [1.29, 1.82) is 0 Å². The Bertz CT molecular complexity index is 490. The third-order valence-electron chi connectivity index (χ3n) is 2.63. The van der Waals surface area contributed by atoms with E-state index in [0.717, 1.165) is 11.1 Å². The van der Waals surface area contributed by atoms with Crippen molar-refractivity contribution >= 4 is 12.1 Å². The van der Waals surface area contributed by atoms with Crippen LogP contribution in [0.5, 0.6) is 0 Å². The zero-order valence-corrected chi connectivity index (χ0v) is 12.7. The molecule has 0 heterocycles. The molecule has 0 aliphatic heterocycles. The van der Waals surface area contributed by atoms with Gasteiger partial charge in [-0.05, 0) is 33.3 Å². The summed E-state index contributed by atoms with van der Waals surface area (Å²) in [5, 5.41) is 10.9. The number of ether oxygens (including phenoxy) is 1. The van der Waals surface area contributed by atoms with Crippen molar-refractivity contribution in [1.82, 2.24) is 5.32 Å². The summed E-state index contributed by atoms with van der Waals surface area (Å²) in [5.41, 5.74) is 1.23. The minimum absolute atomic E-state index is 0.193. The van der Waals surface area contributed by atoms with Crippen molar-refractivity contribution in [2.75, 3.05) is 0 Å². The molecule has 6 heteroatoms. The van der Waals surface area contributed by atoms with Crippen LogP contribution in [0.1, 0.15) is 31.9 Å². The van der Waals surface area contributed by atoms with Crippen LogP contribution in [-0.2, 0) is 20.8 Å². The first-order valence-corrected chi connectivity index (χ1v) is 6.61. The van der Waals surface area contributed by atoms with E-state index in [4.69, 9.17) is 9.99 Å². The number of hydrogen-bond donors (Lipinski definition) is 2. The lowest BCUT2D eigenvalue weighted by molar-refractivity contribution is -0.236. The molecule has 6 nitrogen and oxygen atoms in total. The minimum atomic E-state index is -1.02. The van der Waals surface area contributed by atoms with Crippen molar-refractivity contribution in [2.24, 2.45) is 0 Å². The number of amides is 1. The molecule has 0 fully saturated rings. The van der Waals surface area contributed by atoms with E-state index in [1.807, 2.05) is 31.2 Å². The maximum Gasteiger partial charge on any atom is 0.408 e. The molecule has 1 aromatic rings. The third-order valence-corrected chi connectivity index (χ3v) is 2.63. The van der Waals surface area contributed by atoms with Gasteiger partial charge in [-0.1, -0.05) is 29.8 Å². The largest absolute Gasteiger partial charge is 0.444 e. The van der Waals surface area contributed by atoms with Gasteiger partial charge in [0.25, 0.3) is 0 Å². The van der Waals surface area contributed by atoms with Crippen LogP contribution in [0.2, 0.25) is 0 Å². The van der Waals surface area contributed by atoms with E-state index in [-0.39, 0.29) is 6.42 Å². The second-order valence-electron chi connectivity index (χ2n) is 5.80. The highest BCUT2D eigenvalue weighted by atomic mass is 17.1. The molecular weight excluding hydrogens is 274 g/mol. The van der Waals surface area contributed by atoms with Gasteiger partial charge in [0, 0.05) is 6.42 Å². The van der Waals surface area contributed by atoms with E-state index in [0.29, 0.717) is 0 Å². The predicted molar refractivity (Wildman–Crippen MR) is 76.8 cm³/mol. The van der Waals surface area contributed by atoms with Gasteiger partial charge in [0.15, 0.2) is 0 Å². The molecule has 1 aromatic carbocycles. The lowest BCUT2D eigenvalue weighted by atomic mass is 10.0. The van der Waals surface area contributed by atoms with E-state index in [1.54, 1.807) is 20.8 Å². The summed E-state index contributed by atoms with van der Waals surface area (Å²) in [6.45, 7) is 7.09. The number of aryl methyl sites for hydroxylation is 1. The van der Waals surface area contributed by atoms with E-state index in [2.05, 4.69) is 10.2 Å². The number of hydrogen-bond acceptors (Lipinski definition) is 5. The number of carbonyl (C=O) groups is 2. The molecular formula is C15H21NO5. The summed E-state index contributed by atoms with van der Waals surface area (Å²) >= 11 is 0. The smallest absolute Gasteiger partial charge is 0.408 e. The Balaban J connectivity index is 2.74. The first kappa shape index (κ1) is 17.0. The van der Waals surface area contributed by atoms with E-state index < -0.39 is 23.7 Å². The quantitative estimate of drug-likeness (QED) is 0.658. The first-order valence-electron chi connectivity index (χ1n) is 6.61. The fourth-order valence-electron chi connectivity index (χ4n) is 1.67. The van der Waals surface area contributed by atoms with Crippen LogP contribution in [0.4, 0.5) is 4.79 Å². The number of rotatable bonds is 4. The predicted octanol–water partition coefficient (Wildman–Crippen LogP) is 2.45. The summed E-state index contributed by atoms with van der Waals surface area (Å²) in [4.78, 5) is 27.0. The molecule has 0 bridgehead atoms. The molecule has 0 saturated heterocycles. The summed E-state index contributed by atoms with van der Waals surface area (Å²) in [5.74, 6) is -0.943. The van der Waals surface area contributed by atoms with E-state index in [9.17, 15) is 9.59 Å². The maximum absolute atomic E-state index is 11.7. The second kappa shape index (κ2) is 7.08. The highest BCUT2D eigenvalue weighted by Gasteiger charge is 2.26. The molecule has 21 heavy (non-hydrogen) atoms. The first-order chi connectivity index (χ1) is 9.71. The minimum Gasteiger partial charge on any atom is -0.444 e. The normalized spacial score (nSPS) is 12.4. The average Bonchev–Trinajstić information content (AvgIpc) is 2.37. The van der Waals surface area contributed by atoms with Crippen LogP contribution in [0.15, 0.2) is 24.3 Å². The van der Waals surface area contributed by atoms with E-state index >= 15 is 0 Å². The van der Waals surface area contributed by atoms with Gasteiger partial charge in [-0.3, -0.25) is 4.89 Å². The van der Waals surface area contributed by atoms with Gasteiger partial charge in [-0.25, -0.2) is 9.59 Å². The molecule has 1 unspecified atom stereocenters. The van der Waals surface area contributed by atoms with Gasteiger partial charge < -0.3 is 10.1 Å². The molecule has 0 radical (unpaired) electrons. The van der Waals surface area contributed by atoms with Crippen molar-refractivity contribution < 1.29 is 24.5 Å². The molecule has 0 aromatic heterocycles. The summed E-state index contributed by atoms with van der Waals surface area (Å²) < 4.78 is 5.08. The molecule has 1 amide bonds. The monoisotopic (exact) mass is 295 g/mol. The summed E-state index contributed by atoms with van der Waals surface area (Å²) in [6, 6.07) is 6.44. The van der Waals surface area contributed by atoms with Crippen molar-refractivity contribution in [2.45, 2.75) is 45.8 Å². The lowest BCUT2D eigenvalue weighted by Crippen LogP contribution is -2.45. The average molecular weight is 295 g/mol. The summed E-state index contributed by atoms with van der Waals surface area (Å²) in [7, 11) is 0. The van der Waals surface area contributed by atoms with Gasteiger partial charge in [0.2, 0.25) is 0 Å². The van der Waals surface area contributed by atoms with Gasteiger partial charge in [-0.2, -0.15) is 5.26 Å². The SMILES string of the molecule is Cc1ccc(CC(NC(=O)OC(C)(C)C)C(=O)OO)cc1. The van der Waals surface area contributed by atoms with Crippen molar-refractivity contribution in [3.05, 3.63) is 35.4 Å². The molecule has 2 N–H and O–H groups in total. The number of benzene rings is 1. The summed E-state index contributed by atoms with van der Waals surface area (Å²) in [6.07, 6.45) is -0.552. The Labute approximate surface area is 124 Å². The molecule has 116 valence electrons. The molecule has 0 aliphatic rings. The Morgan fingerprint density at radius 1 is 1.24 bits per heavy atom. The van der Waals surface area contributed by atoms with E-state index in [1.165, 1.54) is 0 Å². The van der Waals surface area contributed by atoms with Gasteiger partial charge in [0.1, 0.15) is 11.6 Å². The highest BCUT2D eigenvalue weighted by molar-refractivity contribution is 5.81. The zero-order valence-electron chi connectivity index (χ0n) is 12.7. The van der Waals surface area contributed by atoms with Crippen LogP contribution < -0.4 is 5.32 Å². The molecule has 0 aliphatic carbocycles. The maximum atomic E-state index is 11.7. The number of alkyl carbamates (subject to hydrolysis) is 1. The second-order valence-corrected chi connectivity index (χ2v) is 5.80. The number of carbonyl (C=O) groups excluding carboxylic acids is 2. The van der Waals surface area contributed by atoms with Crippen molar-refractivity contribution in [3.8, 4) is 0 Å². The Morgan fingerprint density at radius 3 is 2.29 bits per heavy atom. The van der Waals surface area contributed by atoms with Crippen LogP contribution in [0.25, 0.3) is 0 Å². The van der Waals surface area contributed by atoms with Crippen LogP contribution >= 0.6 is 0 Å². The molecule has 0 saturated carbocycles. The fraction of sp³-hybridized carbons (Fsp3) is 0.467. The molecule has 1 atom stereocenters. The third kappa shape index (κ3) is 6.27. The number of nitrogens with one attached hydrogen (secondary N) is 1. The molecule has 1 rings (SSSR count). The van der Waals surface area contributed by atoms with Crippen LogP contribution in [-0.4, -0.2) is 29.0 Å². The highest BCUT2D eigenvalue weighted by Crippen LogP contribution is 2.10. The topological polar surface area (TPSA) is 84.9 Å². The Morgan fingerprint density at radius 2 is 1.81 bits per heavy atom. The van der Waals surface area contributed by atoms with Gasteiger partial charge >= 0.3 is 12.1 Å². The van der Waals surface area contributed by atoms with Crippen molar-refractivity contribution in [3.63, 3.8) is 0 Å². The zero-order chi connectivity index (χ0) is 16.0. The van der Waals surface area contributed by atoms with Gasteiger partial charge in [0.05, 0.1) is 0 Å². The molecule has 0 spiro atoms. The van der Waals surface area contributed by atoms with Crippen LogP contribution in [0, 0.1) is 6.92 Å². The fourth-order valence-corrected chi connectivity index (χ4v) is 1.67. The standard InChI is InChI=1S/C15H21NO5/c1-10-5-7-11(8-6-10)9-12(13(17)21-19)16-14(18)20-15(2,3)4/h5-8,12,19H,9H2,1-4H3,(H,16,18). The van der Waals surface area contributed by atoms with Gasteiger partial charge in [-0.15, -0.1) is 0 Å².